The molecule has 2 nitrogen and oxygen atoms in total. The van der Waals surface area contributed by atoms with E-state index in [1.165, 1.54) is 0 Å². The molecule has 1 atom stereocenters. The number of hydrogen-bond donors (Lipinski definition) is 0. The van der Waals surface area contributed by atoms with Gasteiger partial charge in [-0.3, -0.25) is 0 Å². The fraction of sp³-hybridized carbons (Fsp3) is 0.222. The first-order valence-corrected chi connectivity index (χ1v) is 9.90. The average Bonchev–Trinajstić information content (AvgIpc) is 2.65. The van der Waals surface area contributed by atoms with Gasteiger partial charge in [-0.25, -0.2) is 4.57 Å². The normalized spacial score (nSPS) is 26.0. The minimum Gasteiger partial charge on any atom is -0.462 e. The maximum Gasteiger partial charge on any atom is 0.215 e. The summed E-state index contributed by atoms with van der Waals surface area (Å²) in [4.78, 5) is 0. The second-order valence-electron chi connectivity index (χ2n) is 7.39. The summed E-state index contributed by atoms with van der Waals surface area (Å²) in [6.07, 6.45) is 18.5. The van der Waals surface area contributed by atoms with Crippen LogP contribution >= 0.6 is 0 Å². The van der Waals surface area contributed by atoms with Crippen molar-refractivity contribution in [1.82, 2.24) is 0 Å². The summed E-state index contributed by atoms with van der Waals surface area (Å²) in [6.45, 7) is 16.2. The lowest BCUT2D eigenvalue weighted by Crippen LogP contribution is -2.32. The van der Waals surface area contributed by atoms with Crippen LogP contribution in [0.4, 0.5) is 0 Å². The highest BCUT2D eigenvalue weighted by Gasteiger charge is 2.19. The van der Waals surface area contributed by atoms with E-state index in [4.69, 9.17) is 4.74 Å². The van der Waals surface area contributed by atoms with Crippen molar-refractivity contribution in [2.45, 2.75) is 27.7 Å². The van der Waals surface area contributed by atoms with E-state index in [0.29, 0.717) is 5.76 Å². The van der Waals surface area contributed by atoms with Gasteiger partial charge in [0.1, 0.15) is 18.6 Å². The highest BCUT2D eigenvalue weighted by molar-refractivity contribution is 5.76. The van der Waals surface area contributed by atoms with Gasteiger partial charge in [0.15, 0.2) is 6.20 Å². The van der Waals surface area contributed by atoms with E-state index < -0.39 is 0 Å². The Balaban J connectivity index is 2.68. The maximum absolute atomic E-state index is 6.13. The molecule has 1 unspecified atom stereocenters. The minimum absolute atomic E-state index is 0.245. The number of rotatable bonds is 3. The SMILES string of the molecule is C=C/C=C\C1=CC(C)/C=C(C)\C(c2cccc[n+]2C)=C(/C)OC(=C)/C=C(C)/C=C\1. The molecule has 2 heterocycles. The first-order valence-electron chi connectivity index (χ1n) is 9.90. The molecular formula is C27H32NO+. The van der Waals surface area contributed by atoms with Crippen molar-refractivity contribution < 1.29 is 9.30 Å². The summed E-state index contributed by atoms with van der Waals surface area (Å²) in [5.41, 5.74) is 5.55. The van der Waals surface area contributed by atoms with Gasteiger partial charge >= 0.3 is 0 Å². The third kappa shape index (κ3) is 6.46. The molecule has 0 bridgehead atoms. The lowest BCUT2D eigenvalue weighted by atomic mass is 9.96. The summed E-state index contributed by atoms with van der Waals surface area (Å²) in [7, 11) is 2.05. The zero-order valence-corrected chi connectivity index (χ0v) is 18.3. The number of aryl methyl sites for hydroxylation is 1. The van der Waals surface area contributed by atoms with Crippen LogP contribution in [-0.2, 0) is 11.8 Å². The molecule has 0 saturated carbocycles. The number of ether oxygens (including phenoxy) is 1. The Morgan fingerprint density at radius 3 is 2.55 bits per heavy atom. The first kappa shape index (κ1) is 22.2. The van der Waals surface area contributed by atoms with Gasteiger partial charge in [-0.2, -0.15) is 0 Å². The Labute approximate surface area is 175 Å². The van der Waals surface area contributed by atoms with Gasteiger partial charge in [0, 0.05) is 12.1 Å². The number of aromatic nitrogens is 1. The number of nitrogens with zero attached hydrogens (tertiary/aromatic N) is 1. The van der Waals surface area contributed by atoms with Crippen LogP contribution in [0.25, 0.3) is 5.57 Å². The van der Waals surface area contributed by atoms with Crippen LogP contribution in [0, 0.1) is 5.92 Å². The quantitative estimate of drug-likeness (QED) is 0.425. The maximum atomic E-state index is 6.13. The molecule has 1 aromatic heterocycles. The van der Waals surface area contributed by atoms with E-state index in [1.54, 1.807) is 6.08 Å². The highest BCUT2D eigenvalue weighted by atomic mass is 16.5. The van der Waals surface area contributed by atoms with Crippen LogP contribution in [0.5, 0.6) is 0 Å². The summed E-state index contributed by atoms with van der Waals surface area (Å²) in [5.74, 6) is 1.70. The fourth-order valence-electron chi connectivity index (χ4n) is 3.43. The molecule has 0 aromatic carbocycles. The molecule has 0 N–H and O–H groups in total. The van der Waals surface area contributed by atoms with Crippen LogP contribution < -0.4 is 4.57 Å². The van der Waals surface area contributed by atoms with Crippen LogP contribution in [0.3, 0.4) is 0 Å². The van der Waals surface area contributed by atoms with Crippen molar-refractivity contribution >= 4 is 5.57 Å². The summed E-state index contributed by atoms with van der Waals surface area (Å²) < 4.78 is 8.24. The first-order chi connectivity index (χ1) is 13.8. The molecule has 29 heavy (non-hydrogen) atoms. The van der Waals surface area contributed by atoms with Crippen molar-refractivity contribution in [3.63, 3.8) is 0 Å². The monoisotopic (exact) mass is 386 g/mol. The van der Waals surface area contributed by atoms with Crippen molar-refractivity contribution in [3.8, 4) is 0 Å². The van der Waals surface area contributed by atoms with Gasteiger partial charge in [-0.15, -0.1) is 0 Å². The predicted octanol–water partition coefficient (Wildman–Crippen LogP) is 6.54. The lowest BCUT2D eigenvalue weighted by Gasteiger charge is -2.14. The molecule has 0 fully saturated rings. The van der Waals surface area contributed by atoms with Crippen LogP contribution in [0.15, 0.2) is 114 Å². The smallest absolute Gasteiger partial charge is 0.215 e. The van der Waals surface area contributed by atoms with E-state index in [9.17, 15) is 0 Å². The fourth-order valence-corrected chi connectivity index (χ4v) is 3.43. The Morgan fingerprint density at radius 2 is 1.86 bits per heavy atom. The molecule has 1 aliphatic heterocycles. The second kappa shape index (κ2) is 10.4. The molecule has 2 heteroatoms. The van der Waals surface area contributed by atoms with Gasteiger partial charge in [0.25, 0.3) is 0 Å². The topological polar surface area (TPSA) is 13.1 Å². The van der Waals surface area contributed by atoms with Gasteiger partial charge in [-0.1, -0.05) is 62.6 Å². The molecule has 0 amide bonds. The number of hydrogen-bond acceptors (Lipinski definition) is 1. The minimum atomic E-state index is 0.245. The van der Waals surface area contributed by atoms with Gasteiger partial charge < -0.3 is 4.74 Å². The summed E-state index contributed by atoms with van der Waals surface area (Å²) in [6, 6.07) is 6.19. The number of allylic oxidation sites excluding steroid dienone is 13. The Kier molecular flexibility index (Phi) is 7.97. The van der Waals surface area contributed by atoms with Crippen LogP contribution in [0.2, 0.25) is 0 Å². The van der Waals surface area contributed by atoms with E-state index in [0.717, 1.165) is 33.7 Å². The van der Waals surface area contributed by atoms with Crippen LogP contribution in [0.1, 0.15) is 33.4 Å². The Hall–Kier alpha value is -3.13. The number of pyridine rings is 1. The summed E-state index contributed by atoms with van der Waals surface area (Å²) >= 11 is 0. The van der Waals surface area contributed by atoms with Crippen molar-refractivity contribution in [2.75, 3.05) is 0 Å². The molecule has 0 saturated heterocycles. The van der Waals surface area contributed by atoms with E-state index in [1.807, 2.05) is 51.4 Å². The molecule has 1 aliphatic rings. The third-order valence-corrected chi connectivity index (χ3v) is 4.66. The zero-order chi connectivity index (χ0) is 21.4. The van der Waals surface area contributed by atoms with Crippen molar-refractivity contribution in [1.29, 1.82) is 0 Å². The molecule has 2 rings (SSSR count). The van der Waals surface area contributed by atoms with Crippen molar-refractivity contribution in [3.05, 3.63) is 120 Å². The van der Waals surface area contributed by atoms with Gasteiger partial charge in [0.05, 0.1) is 5.57 Å². The molecule has 1 aromatic rings. The molecule has 150 valence electrons. The second-order valence-corrected chi connectivity index (χ2v) is 7.39. The molecular weight excluding hydrogens is 354 g/mol. The van der Waals surface area contributed by atoms with E-state index in [-0.39, 0.29) is 5.92 Å². The largest absolute Gasteiger partial charge is 0.462 e. The van der Waals surface area contributed by atoms with Gasteiger partial charge in [-0.05, 0) is 55.6 Å². The average molecular weight is 387 g/mol. The van der Waals surface area contributed by atoms with E-state index >= 15 is 0 Å². The zero-order valence-electron chi connectivity index (χ0n) is 18.3. The van der Waals surface area contributed by atoms with Crippen LogP contribution in [-0.4, -0.2) is 0 Å². The third-order valence-electron chi connectivity index (χ3n) is 4.66. The molecule has 0 spiro atoms. The highest BCUT2D eigenvalue weighted by Crippen LogP contribution is 2.28. The van der Waals surface area contributed by atoms with Crippen molar-refractivity contribution in [2.24, 2.45) is 13.0 Å². The Bertz CT molecular complexity index is 964. The standard InChI is InChI=1S/C27H32NO/c1-8-9-12-25-15-14-20(2)18-23(5)29-24(6)27(22(4)17-21(3)19-25)26-13-10-11-16-28(26)7/h8-19,21H,1,5H2,2-4,6-7H3/q+1/b12-9-,15-14-,20-18+,22-17-,25-19?,27-24-. The van der Waals surface area contributed by atoms with Gasteiger partial charge in [0.2, 0.25) is 5.69 Å². The van der Waals surface area contributed by atoms with E-state index in [2.05, 4.69) is 68.0 Å². The molecule has 0 aliphatic carbocycles. The lowest BCUT2D eigenvalue weighted by molar-refractivity contribution is -0.673. The Morgan fingerprint density at radius 1 is 1.10 bits per heavy atom. The summed E-state index contributed by atoms with van der Waals surface area (Å²) in [5, 5.41) is 0. The predicted molar refractivity (Wildman–Crippen MR) is 124 cm³/mol. The molecule has 0 radical (unpaired) electrons.